The Morgan fingerprint density at radius 3 is 2.89 bits per heavy atom. The number of nitrogen functional groups attached to an aromatic ring is 1. The van der Waals surface area contributed by atoms with E-state index in [9.17, 15) is 14.9 Å². The number of nitrogens with two attached hydrogens (primary N) is 1. The molecule has 0 amide bonds. The Kier molecular flexibility index (Phi) is 4.21. The maximum absolute atomic E-state index is 11.0. The quantitative estimate of drug-likeness (QED) is 0.359. The summed E-state index contributed by atoms with van der Waals surface area (Å²) in [5.41, 5.74) is 5.64. The predicted molar refractivity (Wildman–Crippen MR) is 63.6 cm³/mol. The summed E-state index contributed by atoms with van der Waals surface area (Å²) in [6.45, 7) is 3.36. The number of nitrogens with zero attached hydrogens (tertiary/aromatic N) is 2. The summed E-state index contributed by atoms with van der Waals surface area (Å²) in [6, 6.07) is 0. The molecule has 0 aliphatic heterocycles. The van der Waals surface area contributed by atoms with Gasteiger partial charge in [-0.2, -0.15) is 0 Å². The second-order valence-corrected chi connectivity index (χ2v) is 3.26. The Bertz CT molecular complexity index is 557. The Hall–Kier alpha value is -2.62. The van der Waals surface area contributed by atoms with Crippen LogP contribution in [0.2, 0.25) is 0 Å². The summed E-state index contributed by atoms with van der Waals surface area (Å²) in [5, 5.41) is 10.8. The van der Waals surface area contributed by atoms with Crippen LogP contribution in [-0.4, -0.2) is 22.5 Å². The van der Waals surface area contributed by atoms with E-state index in [2.05, 4.69) is 21.6 Å². The number of carbonyl (C=O) groups excluding carboxylic acids is 1. The van der Waals surface area contributed by atoms with Gasteiger partial charge in [-0.25, -0.2) is 9.78 Å². The molecule has 7 heteroatoms. The van der Waals surface area contributed by atoms with Crippen molar-refractivity contribution in [1.82, 2.24) is 4.98 Å². The van der Waals surface area contributed by atoms with E-state index in [4.69, 9.17) is 5.73 Å². The molecule has 1 aromatic rings. The molecule has 1 aromatic heterocycles. The number of carbonyl (C=O) groups is 1. The molecular weight excluding hydrogens is 238 g/mol. The average molecular weight is 249 g/mol. The second kappa shape index (κ2) is 5.63. The fourth-order valence-electron chi connectivity index (χ4n) is 1.25. The van der Waals surface area contributed by atoms with Crippen LogP contribution in [0.5, 0.6) is 0 Å². The van der Waals surface area contributed by atoms with Gasteiger partial charge in [0, 0.05) is 17.7 Å². The number of pyridine rings is 1. The first-order valence-electron chi connectivity index (χ1n) is 5.05. The molecule has 0 aliphatic carbocycles. The highest BCUT2D eigenvalue weighted by molar-refractivity contribution is 5.89. The van der Waals surface area contributed by atoms with Crippen LogP contribution in [-0.2, 0) is 9.53 Å². The van der Waals surface area contributed by atoms with Gasteiger partial charge in [0.1, 0.15) is 0 Å². The summed E-state index contributed by atoms with van der Waals surface area (Å²) in [4.78, 5) is 24.9. The molecule has 0 aliphatic rings. The number of hydrogen-bond donors (Lipinski definition) is 1. The van der Waals surface area contributed by atoms with Gasteiger partial charge < -0.3 is 10.5 Å². The zero-order chi connectivity index (χ0) is 13.7. The number of anilines is 1. The fraction of sp³-hybridized carbons (Fsp3) is 0.273. The number of aromatic nitrogens is 1. The van der Waals surface area contributed by atoms with Crippen LogP contribution in [0.4, 0.5) is 11.5 Å². The first-order chi connectivity index (χ1) is 8.47. The highest BCUT2D eigenvalue weighted by Crippen LogP contribution is 2.25. The minimum Gasteiger partial charge on any atom is -0.456 e. The SMILES string of the molecule is CCOC(=O)C#Cc1cnc(N)c([N+](=O)[O-])c1C. The lowest BCUT2D eigenvalue weighted by Crippen LogP contribution is -2.03. The van der Waals surface area contributed by atoms with E-state index in [-0.39, 0.29) is 29.2 Å². The van der Waals surface area contributed by atoms with Crippen LogP contribution in [0.1, 0.15) is 18.1 Å². The number of hydrogen-bond acceptors (Lipinski definition) is 6. The molecule has 0 unspecified atom stereocenters. The van der Waals surface area contributed by atoms with Crippen molar-refractivity contribution in [2.24, 2.45) is 0 Å². The highest BCUT2D eigenvalue weighted by Gasteiger charge is 2.18. The molecule has 0 aromatic carbocycles. The van der Waals surface area contributed by atoms with E-state index in [1.54, 1.807) is 6.92 Å². The molecule has 0 fully saturated rings. The van der Waals surface area contributed by atoms with Crippen molar-refractivity contribution >= 4 is 17.5 Å². The van der Waals surface area contributed by atoms with Crippen molar-refractivity contribution in [3.05, 3.63) is 27.4 Å². The third-order valence-electron chi connectivity index (χ3n) is 2.09. The molecule has 7 nitrogen and oxygen atoms in total. The lowest BCUT2D eigenvalue weighted by atomic mass is 10.1. The first-order valence-corrected chi connectivity index (χ1v) is 5.05. The minimum atomic E-state index is -0.698. The molecule has 0 bridgehead atoms. The fourth-order valence-corrected chi connectivity index (χ4v) is 1.25. The van der Waals surface area contributed by atoms with E-state index >= 15 is 0 Å². The summed E-state index contributed by atoms with van der Waals surface area (Å²) in [5.74, 6) is 3.81. The van der Waals surface area contributed by atoms with Gasteiger partial charge in [-0.3, -0.25) is 10.1 Å². The van der Waals surface area contributed by atoms with Gasteiger partial charge in [-0.05, 0) is 13.8 Å². The third-order valence-corrected chi connectivity index (χ3v) is 2.09. The molecule has 0 atom stereocenters. The third kappa shape index (κ3) is 2.95. The highest BCUT2D eigenvalue weighted by atomic mass is 16.6. The van der Waals surface area contributed by atoms with E-state index in [0.717, 1.165) is 0 Å². The topological polar surface area (TPSA) is 108 Å². The van der Waals surface area contributed by atoms with Crippen LogP contribution >= 0.6 is 0 Å². The molecule has 1 rings (SSSR count). The van der Waals surface area contributed by atoms with Crippen molar-refractivity contribution < 1.29 is 14.5 Å². The second-order valence-electron chi connectivity index (χ2n) is 3.26. The largest absolute Gasteiger partial charge is 0.456 e. The van der Waals surface area contributed by atoms with E-state index in [1.165, 1.54) is 13.1 Å². The van der Waals surface area contributed by atoms with Crippen LogP contribution in [0.25, 0.3) is 0 Å². The summed E-state index contributed by atoms with van der Waals surface area (Å²) in [6.07, 6.45) is 1.28. The van der Waals surface area contributed by atoms with Gasteiger partial charge in [0.05, 0.1) is 17.1 Å². The van der Waals surface area contributed by atoms with Crippen molar-refractivity contribution in [3.63, 3.8) is 0 Å². The standard InChI is InChI=1S/C11H11N3O4/c1-3-18-9(15)5-4-8-6-13-11(12)10(7(8)2)14(16)17/h6H,3H2,1-2H3,(H2,12,13). The summed E-state index contributed by atoms with van der Waals surface area (Å²) < 4.78 is 4.61. The molecule has 0 radical (unpaired) electrons. The van der Waals surface area contributed by atoms with Crippen LogP contribution in [0.3, 0.4) is 0 Å². The number of ether oxygens (including phenoxy) is 1. The van der Waals surface area contributed by atoms with Gasteiger partial charge in [0.15, 0.2) is 0 Å². The van der Waals surface area contributed by atoms with Crippen LogP contribution < -0.4 is 5.73 Å². The van der Waals surface area contributed by atoms with Gasteiger partial charge in [-0.15, -0.1) is 0 Å². The zero-order valence-corrected chi connectivity index (χ0v) is 9.89. The van der Waals surface area contributed by atoms with Gasteiger partial charge in [0.25, 0.3) is 0 Å². The monoisotopic (exact) mass is 249 g/mol. The minimum absolute atomic E-state index is 0.181. The molecule has 18 heavy (non-hydrogen) atoms. The average Bonchev–Trinajstić information content (AvgIpc) is 2.28. The Morgan fingerprint density at radius 2 is 2.33 bits per heavy atom. The summed E-state index contributed by atoms with van der Waals surface area (Å²) >= 11 is 0. The molecule has 94 valence electrons. The molecule has 0 saturated heterocycles. The first kappa shape index (κ1) is 13.4. The van der Waals surface area contributed by atoms with Crippen LogP contribution in [0, 0.1) is 28.9 Å². The normalized spacial score (nSPS) is 9.22. The number of nitro groups is 1. The Labute approximate surface area is 103 Å². The van der Waals surface area contributed by atoms with Crippen molar-refractivity contribution in [3.8, 4) is 11.8 Å². The van der Waals surface area contributed by atoms with Crippen LogP contribution in [0.15, 0.2) is 6.20 Å². The molecule has 0 saturated carbocycles. The van der Waals surface area contributed by atoms with Crippen molar-refractivity contribution in [2.75, 3.05) is 12.3 Å². The summed E-state index contributed by atoms with van der Waals surface area (Å²) in [7, 11) is 0. The van der Waals surface area contributed by atoms with E-state index in [1.807, 2.05) is 0 Å². The van der Waals surface area contributed by atoms with E-state index in [0.29, 0.717) is 0 Å². The predicted octanol–water partition coefficient (Wildman–Crippen LogP) is 0.795. The number of esters is 1. The Morgan fingerprint density at radius 1 is 1.67 bits per heavy atom. The molecule has 2 N–H and O–H groups in total. The molecule has 1 heterocycles. The maximum atomic E-state index is 11.0. The van der Waals surface area contributed by atoms with Gasteiger partial charge in [0.2, 0.25) is 5.82 Å². The van der Waals surface area contributed by atoms with Gasteiger partial charge in [-0.1, -0.05) is 5.92 Å². The van der Waals surface area contributed by atoms with E-state index < -0.39 is 10.9 Å². The van der Waals surface area contributed by atoms with Gasteiger partial charge >= 0.3 is 11.7 Å². The smallest absolute Gasteiger partial charge is 0.384 e. The van der Waals surface area contributed by atoms with Crippen molar-refractivity contribution in [2.45, 2.75) is 13.8 Å². The maximum Gasteiger partial charge on any atom is 0.384 e. The lowest BCUT2D eigenvalue weighted by molar-refractivity contribution is -0.384. The molecule has 0 spiro atoms. The molecular formula is C11H11N3O4. The zero-order valence-electron chi connectivity index (χ0n) is 9.89. The van der Waals surface area contributed by atoms with Crippen molar-refractivity contribution in [1.29, 1.82) is 0 Å². The Balaban J connectivity index is 3.16. The number of rotatable bonds is 2. The lowest BCUT2D eigenvalue weighted by Gasteiger charge is -2.01.